The molecule has 154 valence electrons. The Hall–Kier alpha value is -3.37. The van der Waals surface area contributed by atoms with Crippen LogP contribution in [0.15, 0.2) is 42.6 Å². The van der Waals surface area contributed by atoms with Crippen LogP contribution in [0.4, 0.5) is 10.1 Å². The Labute approximate surface area is 174 Å². The van der Waals surface area contributed by atoms with E-state index in [0.29, 0.717) is 40.3 Å². The predicted octanol–water partition coefficient (Wildman–Crippen LogP) is 4.48. The number of anilines is 1. The summed E-state index contributed by atoms with van der Waals surface area (Å²) in [5.41, 5.74) is 6.62. The minimum absolute atomic E-state index is 0.0558. The highest BCUT2D eigenvalue weighted by Crippen LogP contribution is 2.33. The molecule has 2 aromatic carbocycles. The summed E-state index contributed by atoms with van der Waals surface area (Å²) in [5.74, 6) is 0.749. The van der Waals surface area contributed by atoms with E-state index in [1.165, 1.54) is 25.0 Å². The van der Waals surface area contributed by atoms with Gasteiger partial charge in [0.25, 0.3) is 0 Å². The topological polar surface area (TPSA) is 84.4 Å². The van der Waals surface area contributed by atoms with Crippen LogP contribution < -0.4 is 15.2 Å². The standard InChI is InChI=1S/C23H23FN4O2/c24-19-13-17(4-5-20(19)26)30-22-6-7-27-21-14-23(16(15-25)12-18(21)22)29-11-3-10-28-8-1-2-9-28/h4-7,12-14H,1-3,8-11,26H2. The lowest BCUT2D eigenvalue weighted by molar-refractivity contribution is 0.263. The highest BCUT2D eigenvalue weighted by molar-refractivity contribution is 5.88. The second-order valence-corrected chi connectivity index (χ2v) is 7.32. The number of halogens is 1. The number of ether oxygens (including phenoxy) is 2. The summed E-state index contributed by atoms with van der Waals surface area (Å²) < 4.78 is 25.5. The van der Waals surface area contributed by atoms with Crippen LogP contribution in [0, 0.1) is 17.1 Å². The Morgan fingerprint density at radius 1 is 1.13 bits per heavy atom. The SMILES string of the molecule is N#Cc1cc2c(Oc3ccc(N)c(F)c3)ccnc2cc1OCCCN1CCCC1. The first-order valence-corrected chi connectivity index (χ1v) is 10.0. The van der Waals surface area contributed by atoms with Crippen LogP contribution in [0.2, 0.25) is 0 Å². The van der Waals surface area contributed by atoms with Gasteiger partial charge in [-0.05, 0) is 56.6 Å². The molecule has 0 unspecified atom stereocenters. The molecule has 7 heteroatoms. The summed E-state index contributed by atoms with van der Waals surface area (Å²) in [6.07, 6.45) is 5.04. The number of benzene rings is 2. The minimum Gasteiger partial charge on any atom is -0.492 e. The summed E-state index contributed by atoms with van der Waals surface area (Å²) >= 11 is 0. The summed E-state index contributed by atoms with van der Waals surface area (Å²) in [6, 6.07) is 11.6. The largest absolute Gasteiger partial charge is 0.492 e. The average molecular weight is 406 g/mol. The molecule has 0 spiro atoms. The van der Waals surface area contributed by atoms with Crippen molar-refractivity contribution in [2.24, 2.45) is 0 Å². The maximum absolute atomic E-state index is 13.7. The third-order valence-electron chi connectivity index (χ3n) is 5.20. The van der Waals surface area contributed by atoms with Crippen molar-refractivity contribution in [3.63, 3.8) is 0 Å². The van der Waals surface area contributed by atoms with Crippen molar-refractivity contribution in [3.8, 4) is 23.3 Å². The first-order valence-electron chi connectivity index (χ1n) is 10.0. The van der Waals surface area contributed by atoms with Crippen LogP contribution in [0.25, 0.3) is 10.9 Å². The van der Waals surface area contributed by atoms with Gasteiger partial charge in [0.05, 0.1) is 23.4 Å². The van der Waals surface area contributed by atoms with E-state index < -0.39 is 5.82 Å². The Morgan fingerprint density at radius 2 is 1.97 bits per heavy atom. The maximum atomic E-state index is 13.7. The quantitative estimate of drug-likeness (QED) is 0.460. The summed E-state index contributed by atoms with van der Waals surface area (Å²) in [4.78, 5) is 6.80. The highest BCUT2D eigenvalue weighted by atomic mass is 19.1. The van der Waals surface area contributed by atoms with E-state index in [1.54, 1.807) is 30.5 Å². The third-order valence-corrected chi connectivity index (χ3v) is 5.20. The number of rotatable bonds is 7. The monoisotopic (exact) mass is 406 g/mol. The molecule has 0 saturated carbocycles. The van der Waals surface area contributed by atoms with E-state index in [9.17, 15) is 9.65 Å². The van der Waals surface area contributed by atoms with Gasteiger partial charge >= 0.3 is 0 Å². The number of pyridine rings is 1. The van der Waals surface area contributed by atoms with Crippen molar-refractivity contribution in [3.05, 3.63) is 54.0 Å². The number of nitrogens with zero attached hydrogens (tertiary/aromatic N) is 3. The molecule has 1 aromatic heterocycles. The summed E-state index contributed by atoms with van der Waals surface area (Å²) in [6.45, 7) is 3.86. The molecule has 1 aliphatic rings. The fourth-order valence-electron chi connectivity index (χ4n) is 3.62. The average Bonchev–Trinajstić information content (AvgIpc) is 3.27. The fraction of sp³-hybridized carbons (Fsp3) is 0.304. The number of hydrogen-bond donors (Lipinski definition) is 1. The van der Waals surface area contributed by atoms with Crippen LogP contribution in [0.5, 0.6) is 17.2 Å². The van der Waals surface area contributed by atoms with E-state index in [-0.39, 0.29) is 5.69 Å². The fourth-order valence-corrected chi connectivity index (χ4v) is 3.62. The van der Waals surface area contributed by atoms with Gasteiger partial charge in [0.1, 0.15) is 29.1 Å². The van der Waals surface area contributed by atoms with Gasteiger partial charge in [0, 0.05) is 30.3 Å². The van der Waals surface area contributed by atoms with Gasteiger partial charge in [-0.2, -0.15) is 5.26 Å². The van der Waals surface area contributed by atoms with Crippen LogP contribution in [-0.4, -0.2) is 36.1 Å². The number of nitriles is 1. The number of aromatic nitrogens is 1. The molecule has 1 fully saturated rings. The number of fused-ring (bicyclic) bond motifs is 1. The van der Waals surface area contributed by atoms with Gasteiger partial charge in [-0.15, -0.1) is 0 Å². The van der Waals surface area contributed by atoms with Crippen molar-refractivity contribution >= 4 is 16.6 Å². The van der Waals surface area contributed by atoms with E-state index >= 15 is 0 Å². The van der Waals surface area contributed by atoms with Gasteiger partial charge in [0.2, 0.25) is 0 Å². The van der Waals surface area contributed by atoms with Crippen molar-refractivity contribution in [2.45, 2.75) is 19.3 Å². The van der Waals surface area contributed by atoms with Gasteiger partial charge < -0.3 is 20.1 Å². The van der Waals surface area contributed by atoms with Crippen LogP contribution in [0.1, 0.15) is 24.8 Å². The van der Waals surface area contributed by atoms with Gasteiger partial charge in [-0.3, -0.25) is 4.98 Å². The highest BCUT2D eigenvalue weighted by Gasteiger charge is 2.13. The molecular formula is C23H23FN4O2. The van der Waals surface area contributed by atoms with Gasteiger partial charge in [-0.1, -0.05) is 0 Å². The third kappa shape index (κ3) is 4.44. The Morgan fingerprint density at radius 3 is 2.73 bits per heavy atom. The molecular weight excluding hydrogens is 383 g/mol. The number of nitrogen functional groups attached to an aromatic ring is 1. The maximum Gasteiger partial charge on any atom is 0.149 e. The summed E-state index contributed by atoms with van der Waals surface area (Å²) in [5, 5.41) is 10.2. The number of likely N-dealkylation sites (tertiary alicyclic amines) is 1. The first kappa shape index (κ1) is 19.9. The van der Waals surface area contributed by atoms with Crippen molar-refractivity contribution in [1.29, 1.82) is 5.26 Å². The molecule has 6 nitrogen and oxygen atoms in total. The Bertz CT molecular complexity index is 1090. The molecule has 0 bridgehead atoms. The van der Waals surface area contributed by atoms with Crippen LogP contribution in [-0.2, 0) is 0 Å². The van der Waals surface area contributed by atoms with Gasteiger partial charge in [0.15, 0.2) is 0 Å². The normalized spacial score (nSPS) is 14.0. The van der Waals surface area contributed by atoms with Crippen molar-refractivity contribution < 1.29 is 13.9 Å². The zero-order valence-corrected chi connectivity index (χ0v) is 16.6. The molecule has 0 radical (unpaired) electrons. The Balaban J connectivity index is 1.52. The lowest BCUT2D eigenvalue weighted by Crippen LogP contribution is -2.22. The van der Waals surface area contributed by atoms with E-state index in [0.717, 1.165) is 26.1 Å². The minimum atomic E-state index is -0.548. The molecule has 0 amide bonds. The van der Waals surface area contributed by atoms with Crippen LogP contribution in [0.3, 0.4) is 0 Å². The van der Waals surface area contributed by atoms with E-state index in [2.05, 4.69) is 16.0 Å². The molecule has 3 aromatic rings. The zero-order chi connectivity index (χ0) is 20.9. The molecule has 0 aliphatic carbocycles. The lowest BCUT2D eigenvalue weighted by Gasteiger charge is -2.15. The molecule has 2 heterocycles. The predicted molar refractivity (Wildman–Crippen MR) is 113 cm³/mol. The van der Waals surface area contributed by atoms with E-state index in [4.69, 9.17) is 15.2 Å². The molecule has 30 heavy (non-hydrogen) atoms. The second-order valence-electron chi connectivity index (χ2n) is 7.32. The Kier molecular flexibility index (Phi) is 5.96. The van der Waals surface area contributed by atoms with Crippen molar-refractivity contribution in [2.75, 3.05) is 32.0 Å². The molecule has 1 saturated heterocycles. The van der Waals surface area contributed by atoms with E-state index in [1.807, 2.05) is 0 Å². The first-order chi connectivity index (χ1) is 14.6. The molecule has 4 rings (SSSR count). The van der Waals surface area contributed by atoms with Crippen molar-refractivity contribution in [1.82, 2.24) is 9.88 Å². The number of nitrogens with two attached hydrogens (primary N) is 1. The second kappa shape index (κ2) is 8.97. The molecule has 0 atom stereocenters. The van der Waals surface area contributed by atoms with Crippen LogP contribution >= 0.6 is 0 Å². The smallest absolute Gasteiger partial charge is 0.149 e. The lowest BCUT2D eigenvalue weighted by atomic mass is 10.1. The molecule has 1 aliphatic heterocycles. The summed E-state index contributed by atoms with van der Waals surface area (Å²) in [7, 11) is 0. The number of hydrogen-bond acceptors (Lipinski definition) is 6. The zero-order valence-electron chi connectivity index (χ0n) is 16.6. The molecule has 2 N–H and O–H groups in total. The van der Waals surface area contributed by atoms with Gasteiger partial charge in [-0.25, -0.2) is 4.39 Å².